The molecule has 0 saturated carbocycles. The van der Waals surface area contributed by atoms with Crippen molar-refractivity contribution >= 4 is 60.5 Å². The third kappa shape index (κ3) is 3.50. The quantitative estimate of drug-likeness (QED) is 0.586. The molecule has 2 rings (SSSR count). The molecule has 0 atom stereocenters. The van der Waals surface area contributed by atoms with Crippen molar-refractivity contribution in [2.75, 3.05) is 11.9 Å². The maximum atomic E-state index is 6.08. The lowest BCUT2D eigenvalue weighted by atomic mass is 10.2. The molecule has 96 valence electrons. The molecule has 0 aliphatic carbocycles. The van der Waals surface area contributed by atoms with Gasteiger partial charge in [-0.15, -0.1) is 11.3 Å². The Hall–Kier alpha value is -0.0300. The minimum atomic E-state index is 0.772. The van der Waals surface area contributed by atoms with Crippen LogP contribution in [0.15, 0.2) is 34.1 Å². The lowest BCUT2D eigenvalue weighted by molar-refractivity contribution is 0.933. The van der Waals surface area contributed by atoms with Crippen LogP contribution in [0.3, 0.4) is 0 Å². The Morgan fingerprint density at radius 2 is 2.11 bits per heavy atom. The van der Waals surface area contributed by atoms with Gasteiger partial charge in [-0.1, -0.05) is 33.6 Å². The topological polar surface area (TPSA) is 3.24 Å². The smallest absolute Gasteiger partial charge is 0.0520 e. The van der Waals surface area contributed by atoms with Crippen LogP contribution < -0.4 is 4.90 Å². The van der Waals surface area contributed by atoms with Crippen molar-refractivity contribution in [3.8, 4) is 0 Å². The van der Waals surface area contributed by atoms with Gasteiger partial charge in [0.25, 0.3) is 0 Å². The van der Waals surface area contributed by atoms with Crippen LogP contribution in [0.5, 0.6) is 0 Å². The molecule has 0 amide bonds. The van der Waals surface area contributed by atoms with Crippen LogP contribution in [0.2, 0.25) is 5.02 Å². The van der Waals surface area contributed by atoms with Crippen molar-refractivity contribution in [1.82, 2.24) is 0 Å². The second-order valence-electron chi connectivity index (χ2n) is 3.99. The van der Waals surface area contributed by atoms with Gasteiger partial charge in [0.15, 0.2) is 0 Å². The Labute approximate surface area is 133 Å². The standard InChI is InChI=1S/C13H12Br2ClNS/c1-17(7-12-4-10(15)8-18-12)13-5-11(16)3-2-9(13)6-14/h2-5,8H,6-7H2,1H3. The highest BCUT2D eigenvalue weighted by atomic mass is 79.9. The van der Waals surface area contributed by atoms with E-state index in [2.05, 4.69) is 61.3 Å². The summed E-state index contributed by atoms with van der Waals surface area (Å²) in [5, 5.41) is 3.71. The van der Waals surface area contributed by atoms with Crippen molar-refractivity contribution in [1.29, 1.82) is 0 Å². The van der Waals surface area contributed by atoms with Gasteiger partial charge in [-0.3, -0.25) is 0 Å². The summed E-state index contributed by atoms with van der Waals surface area (Å²) in [5.74, 6) is 0. The summed E-state index contributed by atoms with van der Waals surface area (Å²) in [6.45, 7) is 0.886. The molecule has 1 aromatic carbocycles. The molecule has 0 bridgehead atoms. The first-order valence-electron chi connectivity index (χ1n) is 5.38. The van der Waals surface area contributed by atoms with Crippen LogP contribution in [0.4, 0.5) is 5.69 Å². The predicted molar refractivity (Wildman–Crippen MR) is 88.2 cm³/mol. The monoisotopic (exact) mass is 407 g/mol. The third-order valence-electron chi connectivity index (χ3n) is 2.62. The average molecular weight is 410 g/mol. The number of hydrogen-bond donors (Lipinski definition) is 0. The first-order valence-corrected chi connectivity index (χ1v) is 8.56. The highest BCUT2D eigenvalue weighted by Crippen LogP contribution is 2.28. The molecule has 18 heavy (non-hydrogen) atoms. The fraction of sp³-hybridized carbons (Fsp3) is 0.231. The van der Waals surface area contributed by atoms with Crippen molar-refractivity contribution in [2.24, 2.45) is 0 Å². The Morgan fingerprint density at radius 1 is 1.33 bits per heavy atom. The number of nitrogens with zero attached hydrogens (tertiary/aromatic N) is 1. The minimum absolute atomic E-state index is 0.772. The Bertz CT molecular complexity index is 542. The van der Waals surface area contributed by atoms with Gasteiger partial charge in [0.2, 0.25) is 0 Å². The van der Waals surface area contributed by atoms with E-state index in [9.17, 15) is 0 Å². The van der Waals surface area contributed by atoms with Crippen LogP contribution in [-0.2, 0) is 11.9 Å². The SMILES string of the molecule is CN(Cc1cc(Br)cs1)c1cc(Cl)ccc1CBr. The zero-order valence-corrected chi connectivity index (χ0v) is 14.5. The fourth-order valence-electron chi connectivity index (χ4n) is 1.76. The van der Waals surface area contributed by atoms with Gasteiger partial charge < -0.3 is 4.90 Å². The number of alkyl halides is 1. The predicted octanol–water partition coefficient (Wildman–Crippen LogP) is 5.70. The summed E-state index contributed by atoms with van der Waals surface area (Å²) in [5.41, 5.74) is 2.42. The average Bonchev–Trinajstić information content (AvgIpc) is 2.74. The second kappa shape index (κ2) is 6.42. The number of hydrogen-bond acceptors (Lipinski definition) is 2. The van der Waals surface area contributed by atoms with Crippen molar-refractivity contribution in [2.45, 2.75) is 11.9 Å². The first kappa shape index (κ1) is 14.4. The normalized spacial score (nSPS) is 10.7. The van der Waals surface area contributed by atoms with Gasteiger partial charge in [0.1, 0.15) is 0 Å². The Balaban J connectivity index is 2.22. The maximum Gasteiger partial charge on any atom is 0.0520 e. The lowest BCUT2D eigenvalue weighted by Crippen LogP contribution is -2.17. The molecule has 0 aliphatic heterocycles. The van der Waals surface area contributed by atoms with E-state index in [-0.39, 0.29) is 0 Å². The van der Waals surface area contributed by atoms with Crippen molar-refractivity contribution in [3.05, 3.63) is 49.6 Å². The van der Waals surface area contributed by atoms with E-state index < -0.39 is 0 Å². The molecular formula is C13H12Br2ClNS. The summed E-state index contributed by atoms with van der Waals surface area (Å²) < 4.78 is 1.14. The van der Waals surface area contributed by atoms with E-state index in [0.29, 0.717) is 0 Å². The van der Waals surface area contributed by atoms with Crippen LogP contribution in [0.25, 0.3) is 0 Å². The van der Waals surface area contributed by atoms with Gasteiger partial charge in [0, 0.05) is 37.8 Å². The third-order valence-corrected chi connectivity index (χ3v) is 5.14. The van der Waals surface area contributed by atoms with E-state index in [1.54, 1.807) is 11.3 Å². The summed E-state index contributed by atoms with van der Waals surface area (Å²) in [6.07, 6.45) is 0. The molecule has 5 heteroatoms. The van der Waals surface area contributed by atoms with Crippen molar-refractivity contribution < 1.29 is 0 Å². The molecule has 0 fully saturated rings. The Morgan fingerprint density at radius 3 is 2.72 bits per heavy atom. The molecule has 2 aromatic rings. The van der Waals surface area contributed by atoms with E-state index in [0.717, 1.165) is 21.4 Å². The number of halogens is 3. The first-order chi connectivity index (χ1) is 8.60. The van der Waals surface area contributed by atoms with Gasteiger partial charge in [-0.05, 0) is 39.7 Å². The Kier molecular flexibility index (Phi) is 5.13. The molecule has 0 N–H and O–H groups in total. The van der Waals surface area contributed by atoms with Gasteiger partial charge >= 0.3 is 0 Å². The van der Waals surface area contributed by atoms with Crippen LogP contribution >= 0.6 is 54.8 Å². The lowest BCUT2D eigenvalue weighted by Gasteiger charge is -2.21. The van der Waals surface area contributed by atoms with Crippen LogP contribution in [0, 0.1) is 0 Å². The summed E-state index contributed by atoms with van der Waals surface area (Å²) >= 11 is 14.8. The minimum Gasteiger partial charge on any atom is -0.369 e. The number of rotatable bonds is 4. The largest absolute Gasteiger partial charge is 0.369 e. The number of benzene rings is 1. The number of thiophene rings is 1. The summed E-state index contributed by atoms with van der Waals surface area (Å²) in [7, 11) is 2.09. The highest BCUT2D eigenvalue weighted by molar-refractivity contribution is 9.10. The highest BCUT2D eigenvalue weighted by Gasteiger charge is 2.09. The molecule has 0 unspecified atom stereocenters. The molecular weight excluding hydrogens is 397 g/mol. The molecule has 1 heterocycles. The maximum absolute atomic E-state index is 6.08. The van der Waals surface area contributed by atoms with Crippen LogP contribution in [0.1, 0.15) is 10.4 Å². The van der Waals surface area contributed by atoms with Crippen molar-refractivity contribution in [3.63, 3.8) is 0 Å². The van der Waals surface area contributed by atoms with Gasteiger partial charge in [-0.25, -0.2) is 0 Å². The van der Waals surface area contributed by atoms with Crippen LogP contribution in [-0.4, -0.2) is 7.05 Å². The van der Waals surface area contributed by atoms with E-state index >= 15 is 0 Å². The second-order valence-corrected chi connectivity index (χ2v) is 6.90. The fourth-order valence-corrected chi connectivity index (χ4v) is 3.90. The molecule has 0 saturated heterocycles. The molecule has 1 nitrogen and oxygen atoms in total. The molecule has 0 spiro atoms. The summed E-state index contributed by atoms with van der Waals surface area (Å²) in [6, 6.07) is 8.16. The van der Waals surface area contributed by atoms with Gasteiger partial charge in [0.05, 0.1) is 6.54 Å². The zero-order valence-electron chi connectivity index (χ0n) is 9.79. The van der Waals surface area contributed by atoms with E-state index in [1.165, 1.54) is 16.1 Å². The molecule has 0 aliphatic rings. The molecule has 0 radical (unpaired) electrons. The molecule has 1 aromatic heterocycles. The van der Waals surface area contributed by atoms with E-state index in [1.807, 2.05) is 12.1 Å². The number of anilines is 1. The summed E-state index contributed by atoms with van der Waals surface area (Å²) in [4.78, 5) is 3.55. The van der Waals surface area contributed by atoms with E-state index in [4.69, 9.17) is 11.6 Å². The zero-order chi connectivity index (χ0) is 13.1. The van der Waals surface area contributed by atoms with Gasteiger partial charge in [-0.2, -0.15) is 0 Å².